The summed E-state index contributed by atoms with van der Waals surface area (Å²) in [6.07, 6.45) is 10.0. The molecule has 0 fully saturated rings. The van der Waals surface area contributed by atoms with Gasteiger partial charge in [-0.25, -0.2) is 12.2 Å². The minimum absolute atomic E-state index is 0. The minimum atomic E-state index is 0. The molecule has 79 valence electrons. The van der Waals surface area contributed by atoms with E-state index in [0.29, 0.717) is 0 Å². The van der Waals surface area contributed by atoms with Gasteiger partial charge in [-0.15, -0.1) is 47.0 Å². The van der Waals surface area contributed by atoms with Crippen molar-refractivity contribution in [3.05, 3.63) is 66.3 Å². The molecule has 0 nitrogen and oxygen atoms in total. The first-order valence-corrected chi connectivity index (χ1v) is 5.20. The van der Waals surface area contributed by atoms with E-state index in [9.17, 15) is 0 Å². The molecular formula is C15H14V. The predicted molar refractivity (Wildman–Crippen MR) is 65.8 cm³/mol. The fourth-order valence-electron chi connectivity index (χ4n) is 1.65. The van der Waals surface area contributed by atoms with Crippen molar-refractivity contribution in [3.8, 4) is 0 Å². The van der Waals surface area contributed by atoms with Crippen LogP contribution in [0.5, 0.6) is 0 Å². The first-order chi connectivity index (χ1) is 7.36. The summed E-state index contributed by atoms with van der Waals surface area (Å²) in [6.45, 7) is 2.12. The summed E-state index contributed by atoms with van der Waals surface area (Å²) in [5.74, 6) is 0. The van der Waals surface area contributed by atoms with Gasteiger partial charge in [-0.1, -0.05) is 13.0 Å². The predicted octanol–water partition coefficient (Wildman–Crippen LogP) is 4.17. The van der Waals surface area contributed by atoms with E-state index in [4.69, 9.17) is 0 Å². The molecule has 16 heavy (non-hydrogen) atoms. The van der Waals surface area contributed by atoms with Gasteiger partial charge in [-0.05, 0) is 0 Å². The van der Waals surface area contributed by atoms with Crippen LogP contribution in [-0.4, -0.2) is 0 Å². The molecule has 0 saturated heterocycles. The third kappa shape index (κ3) is 3.48. The maximum Gasteiger partial charge on any atom is 2.00 e. The Balaban J connectivity index is 0.000000183. The van der Waals surface area contributed by atoms with Gasteiger partial charge < -0.3 is 0 Å². The quantitative estimate of drug-likeness (QED) is 0.611. The zero-order valence-corrected chi connectivity index (χ0v) is 10.7. The molecule has 0 bridgehead atoms. The van der Waals surface area contributed by atoms with Crippen molar-refractivity contribution in [2.24, 2.45) is 0 Å². The van der Waals surface area contributed by atoms with Gasteiger partial charge in [0.25, 0.3) is 0 Å². The van der Waals surface area contributed by atoms with Crippen LogP contribution in [0.3, 0.4) is 0 Å². The SMILES string of the molecule is Cc1cc2ccccc2[cH-]1.[C-]1=CC=CC1.[V+2]. The van der Waals surface area contributed by atoms with Gasteiger partial charge >= 0.3 is 18.6 Å². The summed E-state index contributed by atoms with van der Waals surface area (Å²) in [5, 5.41) is 2.69. The Morgan fingerprint density at radius 1 is 1.25 bits per heavy atom. The van der Waals surface area contributed by atoms with E-state index in [1.165, 1.54) is 16.3 Å². The largest absolute Gasteiger partial charge is 2.00 e. The fraction of sp³-hybridized carbons (Fsp3) is 0.133. The van der Waals surface area contributed by atoms with Gasteiger partial charge in [0.05, 0.1) is 0 Å². The van der Waals surface area contributed by atoms with Crippen LogP contribution in [0.25, 0.3) is 10.8 Å². The monoisotopic (exact) mass is 245 g/mol. The van der Waals surface area contributed by atoms with E-state index in [1.54, 1.807) is 0 Å². The van der Waals surface area contributed by atoms with Crippen molar-refractivity contribution in [1.29, 1.82) is 0 Å². The van der Waals surface area contributed by atoms with Crippen LogP contribution in [0.15, 0.2) is 54.6 Å². The molecule has 0 atom stereocenters. The average Bonchev–Trinajstić information content (AvgIpc) is 2.87. The molecule has 0 saturated carbocycles. The van der Waals surface area contributed by atoms with Crippen LogP contribution in [0.1, 0.15) is 12.0 Å². The third-order valence-electron chi connectivity index (χ3n) is 2.35. The Kier molecular flexibility index (Phi) is 5.24. The van der Waals surface area contributed by atoms with Gasteiger partial charge in [0.2, 0.25) is 0 Å². The summed E-state index contributed by atoms with van der Waals surface area (Å²) in [4.78, 5) is 0. The van der Waals surface area contributed by atoms with Crippen molar-refractivity contribution in [2.45, 2.75) is 13.3 Å². The van der Waals surface area contributed by atoms with Crippen molar-refractivity contribution in [3.63, 3.8) is 0 Å². The second-order valence-electron chi connectivity index (χ2n) is 3.66. The number of fused-ring (bicyclic) bond motifs is 1. The molecule has 0 spiro atoms. The molecule has 1 heteroatoms. The Labute approximate surface area is 109 Å². The Morgan fingerprint density at radius 2 is 2.06 bits per heavy atom. The van der Waals surface area contributed by atoms with Crippen molar-refractivity contribution < 1.29 is 18.6 Å². The number of hydrogen-bond donors (Lipinski definition) is 0. The fourth-order valence-corrected chi connectivity index (χ4v) is 1.65. The molecule has 0 heterocycles. The number of benzene rings is 1. The molecule has 1 radical (unpaired) electrons. The molecule has 0 N–H and O–H groups in total. The molecule has 0 amide bonds. The van der Waals surface area contributed by atoms with E-state index in [1.807, 2.05) is 12.2 Å². The number of hydrogen-bond acceptors (Lipinski definition) is 0. The second kappa shape index (κ2) is 6.47. The molecule has 0 aliphatic heterocycles. The number of allylic oxidation sites excluding steroid dienone is 4. The standard InChI is InChI=1S/C10H9.C5H5.V/c1-8-6-9-4-2-3-5-10(9)7-8;1-2-4-5-3-1;/h2-7H,1H3;1-3H,4H2;/q2*-1;+2. The van der Waals surface area contributed by atoms with Crippen LogP contribution < -0.4 is 0 Å². The van der Waals surface area contributed by atoms with Gasteiger partial charge in [-0.2, -0.15) is 12.1 Å². The Hall–Kier alpha value is -1.11. The van der Waals surface area contributed by atoms with Gasteiger partial charge in [-0.3, -0.25) is 6.08 Å². The van der Waals surface area contributed by atoms with Crippen molar-refractivity contribution in [1.82, 2.24) is 0 Å². The zero-order chi connectivity index (χ0) is 10.5. The van der Waals surface area contributed by atoms with Crippen LogP contribution in [-0.2, 0) is 18.6 Å². The number of rotatable bonds is 0. The Bertz CT molecular complexity index is 446. The van der Waals surface area contributed by atoms with E-state index in [0.717, 1.165) is 6.42 Å². The van der Waals surface area contributed by atoms with E-state index < -0.39 is 0 Å². The summed E-state index contributed by atoms with van der Waals surface area (Å²) in [5.41, 5.74) is 1.35. The molecular weight excluding hydrogens is 231 g/mol. The normalized spacial score (nSPS) is 12.1. The molecule has 1 aliphatic carbocycles. The summed E-state index contributed by atoms with van der Waals surface area (Å²) in [7, 11) is 0. The van der Waals surface area contributed by atoms with Gasteiger partial charge in [0, 0.05) is 0 Å². The van der Waals surface area contributed by atoms with Crippen LogP contribution >= 0.6 is 0 Å². The van der Waals surface area contributed by atoms with E-state index >= 15 is 0 Å². The minimum Gasteiger partial charge on any atom is -0.273 e. The molecule has 1 aliphatic rings. The van der Waals surface area contributed by atoms with Crippen LogP contribution in [0.2, 0.25) is 0 Å². The van der Waals surface area contributed by atoms with Crippen molar-refractivity contribution >= 4 is 10.8 Å². The molecule has 2 aromatic rings. The first-order valence-electron chi connectivity index (χ1n) is 5.20. The second-order valence-corrected chi connectivity index (χ2v) is 3.66. The molecule has 3 rings (SSSR count). The zero-order valence-electron chi connectivity index (χ0n) is 9.35. The average molecular weight is 245 g/mol. The van der Waals surface area contributed by atoms with Crippen LogP contribution in [0.4, 0.5) is 0 Å². The van der Waals surface area contributed by atoms with Gasteiger partial charge in [0.15, 0.2) is 0 Å². The molecule has 0 unspecified atom stereocenters. The van der Waals surface area contributed by atoms with Crippen LogP contribution in [0, 0.1) is 13.0 Å². The maximum atomic E-state index is 2.99. The van der Waals surface area contributed by atoms with E-state index in [2.05, 4.69) is 55.5 Å². The number of aryl methyl sites for hydroxylation is 1. The summed E-state index contributed by atoms with van der Waals surface area (Å²) >= 11 is 0. The smallest absolute Gasteiger partial charge is 0.273 e. The molecule has 0 aromatic heterocycles. The van der Waals surface area contributed by atoms with Crippen molar-refractivity contribution in [2.75, 3.05) is 0 Å². The third-order valence-corrected chi connectivity index (χ3v) is 2.35. The summed E-state index contributed by atoms with van der Waals surface area (Å²) in [6, 6.07) is 12.8. The molecule has 2 aromatic carbocycles. The summed E-state index contributed by atoms with van der Waals surface area (Å²) < 4.78 is 0. The van der Waals surface area contributed by atoms with Gasteiger partial charge in [0.1, 0.15) is 0 Å². The van der Waals surface area contributed by atoms with E-state index in [-0.39, 0.29) is 18.6 Å². The Morgan fingerprint density at radius 3 is 2.62 bits per heavy atom. The maximum absolute atomic E-state index is 2.99. The topological polar surface area (TPSA) is 0 Å². The first kappa shape index (κ1) is 13.0.